The fraction of sp³-hybridized carbons (Fsp3) is 0.579. The van der Waals surface area contributed by atoms with Gasteiger partial charge in [-0.1, -0.05) is 24.4 Å². The molecule has 144 valence electrons. The highest BCUT2D eigenvalue weighted by molar-refractivity contribution is 6.30. The predicted molar refractivity (Wildman–Crippen MR) is 106 cm³/mol. The first-order valence-corrected chi connectivity index (χ1v) is 9.39. The summed E-state index contributed by atoms with van der Waals surface area (Å²) in [6.45, 7) is 4.26. The molecule has 1 aromatic carbocycles. The quantitative estimate of drug-likeness (QED) is 0.830. The van der Waals surface area contributed by atoms with E-state index in [2.05, 4.69) is 0 Å². The topological polar surface area (TPSA) is 66.6 Å². The first kappa shape index (κ1) is 21.0. The van der Waals surface area contributed by atoms with E-state index >= 15 is 0 Å². The lowest BCUT2D eigenvalue weighted by molar-refractivity contribution is -0.140. The van der Waals surface area contributed by atoms with Gasteiger partial charge in [0.05, 0.1) is 5.92 Å². The SMILES string of the molecule is CC1(N)CCCCC1C(=O)N1CCN(C(=O)c2ccc(Cl)cc2)CC1.Cl. The minimum absolute atomic E-state index is 0. The van der Waals surface area contributed by atoms with Crippen LogP contribution < -0.4 is 5.73 Å². The maximum absolute atomic E-state index is 12.9. The molecule has 1 aromatic rings. The number of carbonyl (C=O) groups excluding carboxylic acids is 2. The number of benzene rings is 1. The third kappa shape index (κ3) is 4.51. The number of hydrogen-bond donors (Lipinski definition) is 1. The molecule has 7 heteroatoms. The van der Waals surface area contributed by atoms with Crippen LogP contribution in [-0.2, 0) is 4.79 Å². The van der Waals surface area contributed by atoms with Crippen molar-refractivity contribution in [2.75, 3.05) is 26.2 Å². The van der Waals surface area contributed by atoms with Crippen molar-refractivity contribution in [1.29, 1.82) is 0 Å². The number of nitrogens with two attached hydrogens (primary N) is 1. The van der Waals surface area contributed by atoms with E-state index in [9.17, 15) is 9.59 Å². The first-order chi connectivity index (χ1) is 11.9. The van der Waals surface area contributed by atoms with Gasteiger partial charge in [0.1, 0.15) is 0 Å². The van der Waals surface area contributed by atoms with E-state index in [1.54, 1.807) is 29.2 Å². The largest absolute Gasteiger partial charge is 0.339 e. The van der Waals surface area contributed by atoms with Gasteiger partial charge in [-0.25, -0.2) is 0 Å². The molecule has 0 spiro atoms. The van der Waals surface area contributed by atoms with Crippen molar-refractivity contribution in [3.8, 4) is 0 Å². The summed E-state index contributed by atoms with van der Waals surface area (Å²) in [6, 6.07) is 6.92. The van der Waals surface area contributed by atoms with Crippen molar-refractivity contribution in [3.05, 3.63) is 34.9 Å². The lowest BCUT2D eigenvalue weighted by atomic mass is 9.74. The summed E-state index contributed by atoms with van der Waals surface area (Å²) in [5, 5.41) is 0.615. The highest BCUT2D eigenvalue weighted by atomic mass is 35.5. The highest BCUT2D eigenvalue weighted by Crippen LogP contribution is 2.33. The van der Waals surface area contributed by atoms with Crippen LogP contribution in [0.2, 0.25) is 5.02 Å². The minimum Gasteiger partial charge on any atom is -0.339 e. The van der Waals surface area contributed by atoms with Crippen LogP contribution in [0.5, 0.6) is 0 Å². The van der Waals surface area contributed by atoms with Crippen LogP contribution >= 0.6 is 24.0 Å². The summed E-state index contributed by atoms with van der Waals surface area (Å²) in [5.41, 5.74) is 6.59. The van der Waals surface area contributed by atoms with E-state index in [-0.39, 0.29) is 30.1 Å². The molecule has 3 rings (SSSR count). The van der Waals surface area contributed by atoms with Crippen molar-refractivity contribution >= 4 is 35.8 Å². The van der Waals surface area contributed by atoms with Gasteiger partial charge in [-0.2, -0.15) is 0 Å². The molecule has 26 heavy (non-hydrogen) atoms. The monoisotopic (exact) mass is 399 g/mol. The fourth-order valence-corrected chi connectivity index (χ4v) is 4.02. The van der Waals surface area contributed by atoms with Crippen LogP contribution in [0.1, 0.15) is 43.0 Å². The average molecular weight is 400 g/mol. The lowest BCUT2D eigenvalue weighted by Gasteiger charge is -2.42. The zero-order chi connectivity index (χ0) is 18.0. The molecule has 2 aliphatic rings. The third-order valence-corrected chi connectivity index (χ3v) is 5.77. The molecule has 5 nitrogen and oxygen atoms in total. The van der Waals surface area contributed by atoms with E-state index in [1.165, 1.54) is 0 Å². The maximum Gasteiger partial charge on any atom is 0.253 e. The normalized spacial score (nSPS) is 26.2. The highest BCUT2D eigenvalue weighted by Gasteiger charge is 2.40. The fourth-order valence-electron chi connectivity index (χ4n) is 3.89. The Morgan fingerprint density at radius 2 is 1.65 bits per heavy atom. The minimum atomic E-state index is -0.411. The summed E-state index contributed by atoms with van der Waals surface area (Å²) in [6.07, 6.45) is 3.94. The second-order valence-electron chi connectivity index (χ2n) is 7.43. The zero-order valence-corrected chi connectivity index (χ0v) is 16.7. The van der Waals surface area contributed by atoms with Crippen molar-refractivity contribution < 1.29 is 9.59 Å². The molecule has 1 aliphatic heterocycles. The first-order valence-electron chi connectivity index (χ1n) is 9.01. The standard InChI is InChI=1S/C19H26ClN3O2.ClH/c1-19(21)9-3-2-4-16(19)18(25)23-12-10-22(11-13-23)17(24)14-5-7-15(20)8-6-14;/h5-8,16H,2-4,9-13,21H2,1H3;1H. The molecule has 0 radical (unpaired) electrons. The number of carbonyl (C=O) groups is 2. The Morgan fingerprint density at radius 1 is 1.08 bits per heavy atom. The number of piperazine rings is 1. The van der Waals surface area contributed by atoms with Gasteiger partial charge in [0.25, 0.3) is 5.91 Å². The molecule has 1 aliphatic carbocycles. The second kappa shape index (κ2) is 8.59. The predicted octanol–water partition coefficient (Wildman–Crippen LogP) is 2.95. The van der Waals surface area contributed by atoms with Gasteiger partial charge in [0.15, 0.2) is 0 Å². The number of halogens is 2. The van der Waals surface area contributed by atoms with Gasteiger partial charge in [0, 0.05) is 42.3 Å². The Balaban J connectivity index is 0.00000243. The van der Waals surface area contributed by atoms with Crippen LogP contribution in [0.4, 0.5) is 0 Å². The summed E-state index contributed by atoms with van der Waals surface area (Å²) in [7, 11) is 0. The second-order valence-corrected chi connectivity index (χ2v) is 7.87. The maximum atomic E-state index is 12.9. The van der Waals surface area contributed by atoms with Crippen LogP contribution in [0.3, 0.4) is 0 Å². The van der Waals surface area contributed by atoms with Crippen LogP contribution in [-0.4, -0.2) is 53.3 Å². The molecular weight excluding hydrogens is 373 g/mol. The molecule has 1 heterocycles. The number of amides is 2. The number of nitrogens with zero attached hydrogens (tertiary/aromatic N) is 2. The van der Waals surface area contributed by atoms with Gasteiger partial charge in [-0.3, -0.25) is 9.59 Å². The van der Waals surface area contributed by atoms with Crippen LogP contribution in [0.15, 0.2) is 24.3 Å². The molecule has 0 aromatic heterocycles. The lowest BCUT2D eigenvalue weighted by Crippen LogP contribution is -2.57. The van der Waals surface area contributed by atoms with Gasteiger partial charge in [-0.05, 0) is 44.0 Å². The van der Waals surface area contributed by atoms with Crippen LogP contribution in [0.25, 0.3) is 0 Å². The molecular formula is C19H27Cl2N3O2. The molecule has 1 saturated heterocycles. The van der Waals surface area contributed by atoms with Gasteiger partial charge in [0.2, 0.25) is 5.91 Å². The van der Waals surface area contributed by atoms with E-state index < -0.39 is 5.54 Å². The van der Waals surface area contributed by atoms with Gasteiger partial charge < -0.3 is 15.5 Å². The molecule has 1 saturated carbocycles. The Kier molecular flexibility index (Phi) is 6.94. The molecule has 2 unspecified atom stereocenters. The Morgan fingerprint density at radius 3 is 2.23 bits per heavy atom. The van der Waals surface area contributed by atoms with Crippen molar-refractivity contribution in [2.45, 2.75) is 38.1 Å². The zero-order valence-electron chi connectivity index (χ0n) is 15.1. The van der Waals surface area contributed by atoms with E-state index in [0.717, 1.165) is 25.7 Å². The van der Waals surface area contributed by atoms with Crippen molar-refractivity contribution in [2.24, 2.45) is 11.7 Å². The van der Waals surface area contributed by atoms with Crippen LogP contribution in [0, 0.1) is 5.92 Å². The summed E-state index contributed by atoms with van der Waals surface area (Å²) < 4.78 is 0. The van der Waals surface area contributed by atoms with E-state index in [1.807, 2.05) is 11.8 Å². The average Bonchev–Trinajstić information content (AvgIpc) is 2.61. The molecule has 2 N–H and O–H groups in total. The number of hydrogen-bond acceptors (Lipinski definition) is 3. The van der Waals surface area contributed by atoms with Gasteiger partial charge in [-0.15, -0.1) is 12.4 Å². The molecule has 2 amide bonds. The smallest absolute Gasteiger partial charge is 0.253 e. The van der Waals surface area contributed by atoms with Crippen molar-refractivity contribution in [1.82, 2.24) is 9.80 Å². The Bertz CT molecular complexity index is 641. The van der Waals surface area contributed by atoms with Gasteiger partial charge >= 0.3 is 0 Å². The molecule has 0 bridgehead atoms. The van der Waals surface area contributed by atoms with E-state index in [0.29, 0.717) is 36.8 Å². The summed E-state index contributed by atoms with van der Waals surface area (Å²) in [4.78, 5) is 29.1. The van der Waals surface area contributed by atoms with E-state index in [4.69, 9.17) is 17.3 Å². The third-order valence-electron chi connectivity index (χ3n) is 5.52. The summed E-state index contributed by atoms with van der Waals surface area (Å²) >= 11 is 5.87. The Labute approximate surface area is 166 Å². The summed E-state index contributed by atoms with van der Waals surface area (Å²) in [5.74, 6) is 0.0492. The molecule has 2 fully saturated rings. The van der Waals surface area contributed by atoms with Crippen molar-refractivity contribution in [3.63, 3.8) is 0 Å². The molecule has 2 atom stereocenters. The Hall–Kier alpha value is -1.30. The number of rotatable bonds is 2.